The molecule has 0 fully saturated rings. The molecule has 0 bridgehead atoms. The van der Waals surface area contributed by atoms with Crippen LogP contribution >= 0.6 is 27.5 Å². The molecule has 0 heterocycles. The highest BCUT2D eigenvalue weighted by Gasteiger charge is 2.06. The van der Waals surface area contributed by atoms with E-state index in [1.165, 1.54) is 0 Å². The van der Waals surface area contributed by atoms with Gasteiger partial charge in [0, 0.05) is 10.5 Å². The minimum Gasteiger partial charge on any atom is -0.456 e. The topological polar surface area (TPSA) is 35.2 Å². The van der Waals surface area contributed by atoms with Gasteiger partial charge in [-0.05, 0) is 42.8 Å². The number of rotatable bonds is 3. The van der Waals surface area contributed by atoms with Gasteiger partial charge in [0.1, 0.15) is 11.5 Å². The predicted molar refractivity (Wildman–Crippen MR) is 78.3 cm³/mol. The molecule has 1 unspecified atom stereocenters. The SMILES string of the molecule is CC(N)c1cccc(Oc2cc(Br)ccc2Cl)c1. The van der Waals surface area contributed by atoms with E-state index >= 15 is 0 Å². The summed E-state index contributed by atoms with van der Waals surface area (Å²) in [6.45, 7) is 1.94. The Balaban J connectivity index is 2.28. The molecule has 0 aliphatic carbocycles. The van der Waals surface area contributed by atoms with Crippen LogP contribution in [0.15, 0.2) is 46.9 Å². The Hall–Kier alpha value is -1.03. The van der Waals surface area contributed by atoms with E-state index in [1.54, 1.807) is 6.07 Å². The molecule has 18 heavy (non-hydrogen) atoms. The molecule has 2 aromatic carbocycles. The largest absolute Gasteiger partial charge is 0.456 e. The van der Waals surface area contributed by atoms with E-state index in [9.17, 15) is 0 Å². The summed E-state index contributed by atoms with van der Waals surface area (Å²) < 4.78 is 6.68. The zero-order valence-corrected chi connectivity index (χ0v) is 12.2. The monoisotopic (exact) mass is 325 g/mol. The number of hydrogen-bond donors (Lipinski definition) is 1. The molecule has 94 valence electrons. The molecule has 2 aromatic rings. The summed E-state index contributed by atoms with van der Waals surface area (Å²) in [5.74, 6) is 1.35. The Morgan fingerprint density at radius 1 is 1.22 bits per heavy atom. The van der Waals surface area contributed by atoms with Crippen LogP contribution in [0.4, 0.5) is 0 Å². The lowest BCUT2D eigenvalue weighted by Crippen LogP contribution is -2.04. The first-order valence-corrected chi connectivity index (χ1v) is 6.72. The Morgan fingerprint density at radius 3 is 2.72 bits per heavy atom. The van der Waals surface area contributed by atoms with Crippen molar-refractivity contribution in [1.29, 1.82) is 0 Å². The zero-order valence-electron chi connectivity index (χ0n) is 9.86. The molecular formula is C14H13BrClNO. The van der Waals surface area contributed by atoms with Crippen molar-refractivity contribution >= 4 is 27.5 Å². The van der Waals surface area contributed by atoms with E-state index < -0.39 is 0 Å². The lowest BCUT2D eigenvalue weighted by atomic mass is 10.1. The van der Waals surface area contributed by atoms with E-state index in [0.29, 0.717) is 10.8 Å². The van der Waals surface area contributed by atoms with Gasteiger partial charge >= 0.3 is 0 Å². The second-order valence-electron chi connectivity index (χ2n) is 4.04. The lowest BCUT2D eigenvalue weighted by molar-refractivity contribution is 0.481. The van der Waals surface area contributed by atoms with Crippen molar-refractivity contribution in [3.05, 3.63) is 57.5 Å². The van der Waals surface area contributed by atoms with Crippen LogP contribution in [0.5, 0.6) is 11.5 Å². The summed E-state index contributed by atoms with van der Waals surface area (Å²) in [5, 5.41) is 0.574. The van der Waals surface area contributed by atoms with Gasteiger partial charge in [-0.15, -0.1) is 0 Å². The molecule has 2 N–H and O–H groups in total. The molecule has 2 rings (SSSR count). The highest BCUT2D eigenvalue weighted by molar-refractivity contribution is 9.10. The zero-order chi connectivity index (χ0) is 13.1. The van der Waals surface area contributed by atoms with Gasteiger partial charge < -0.3 is 10.5 Å². The van der Waals surface area contributed by atoms with Gasteiger partial charge in [-0.3, -0.25) is 0 Å². The lowest BCUT2D eigenvalue weighted by Gasteiger charge is -2.11. The molecule has 1 atom stereocenters. The van der Waals surface area contributed by atoms with Crippen LogP contribution in [0.3, 0.4) is 0 Å². The van der Waals surface area contributed by atoms with Crippen LogP contribution < -0.4 is 10.5 Å². The van der Waals surface area contributed by atoms with Crippen molar-refractivity contribution in [3.63, 3.8) is 0 Å². The Kier molecular flexibility index (Phi) is 4.27. The van der Waals surface area contributed by atoms with Crippen LogP contribution in [0.2, 0.25) is 5.02 Å². The molecule has 0 aliphatic heterocycles. The van der Waals surface area contributed by atoms with Gasteiger partial charge in [0.15, 0.2) is 0 Å². The third-order valence-corrected chi connectivity index (χ3v) is 3.31. The van der Waals surface area contributed by atoms with Gasteiger partial charge in [0.2, 0.25) is 0 Å². The predicted octanol–water partition coefficient (Wildman–Crippen LogP) is 4.91. The normalized spacial score (nSPS) is 12.2. The first-order valence-electron chi connectivity index (χ1n) is 5.54. The number of benzene rings is 2. The minimum atomic E-state index is -0.0217. The van der Waals surface area contributed by atoms with E-state index in [-0.39, 0.29) is 6.04 Å². The van der Waals surface area contributed by atoms with Crippen molar-refractivity contribution in [2.24, 2.45) is 5.73 Å². The van der Waals surface area contributed by atoms with Crippen LogP contribution in [0, 0.1) is 0 Å². The van der Waals surface area contributed by atoms with E-state index in [1.807, 2.05) is 43.3 Å². The average molecular weight is 327 g/mol. The van der Waals surface area contributed by atoms with E-state index in [4.69, 9.17) is 22.1 Å². The maximum Gasteiger partial charge on any atom is 0.147 e. The Morgan fingerprint density at radius 2 is 2.00 bits per heavy atom. The van der Waals surface area contributed by atoms with Gasteiger partial charge in [0.25, 0.3) is 0 Å². The molecule has 0 saturated carbocycles. The summed E-state index contributed by atoms with van der Waals surface area (Å²) in [6, 6.07) is 13.2. The van der Waals surface area contributed by atoms with E-state index in [0.717, 1.165) is 15.8 Å². The fourth-order valence-electron chi connectivity index (χ4n) is 1.54. The quantitative estimate of drug-likeness (QED) is 0.869. The minimum absolute atomic E-state index is 0.0217. The molecule has 0 aliphatic rings. The number of hydrogen-bond acceptors (Lipinski definition) is 2. The number of halogens is 2. The maximum absolute atomic E-state index is 6.08. The summed E-state index contributed by atoms with van der Waals surface area (Å²) in [5.41, 5.74) is 6.87. The van der Waals surface area contributed by atoms with Crippen molar-refractivity contribution in [2.75, 3.05) is 0 Å². The van der Waals surface area contributed by atoms with Crippen molar-refractivity contribution in [1.82, 2.24) is 0 Å². The van der Waals surface area contributed by atoms with Gasteiger partial charge in [-0.25, -0.2) is 0 Å². The molecule has 0 radical (unpaired) electrons. The number of ether oxygens (including phenoxy) is 1. The fraction of sp³-hybridized carbons (Fsp3) is 0.143. The molecule has 2 nitrogen and oxygen atoms in total. The van der Waals surface area contributed by atoms with Crippen LogP contribution in [0.25, 0.3) is 0 Å². The first kappa shape index (κ1) is 13.4. The van der Waals surface area contributed by atoms with Gasteiger partial charge in [-0.2, -0.15) is 0 Å². The molecule has 0 saturated heterocycles. The highest BCUT2D eigenvalue weighted by Crippen LogP contribution is 2.32. The summed E-state index contributed by atoms with van der Waals surface area (Å²) in [7, 11) is 0. The molecule has 0 spiro atoms. The van der Waals surface area contributed by atoms with Gasteiger partial charge in [0.05, 0.1) is 5.02 Å². The number of nitrogens with two attached hydrogens (primary N) is 1. The van der Waals surface area contributed by atoms with Gasteiger partial charge in [-0.1, -0.05) is 39.7 Å². The summed E-state index contributed by atoms with van der Waals surface area (Å²) >= 11 is 9.47. The molecular weight excluding hydrogens is 314 g/mol. The van der Waals surface area contributed by atoms with Crippen molar-refractivity contribution in [2.45, 2.75) is 13.0 Å². The smallest absolute Gasteiger partial charge is 0.147 e. The standard InChI is InChI=1S/C14H13BrClNO/c1-9(17)10-3-2-4-12(7-10)18-14-8-11(15)5-6-13(14)16/h2-9H,17H2,1H3. The molecule has 0 aromatic heterocycles. The van der Waals surface area contributed by atoms with Crippen LogP contribution in [-0.2, 0) is 0 Å². The van der Waals surface area contributed by atoms with Crippen molar-refractivity contribution in [3.8, 4) is 11.5 Å². The van der Waals surface area contributed by atoms with Crippen LogP contribution in [-0.4, -0.2) is 0 Å². The fourth-order valence-corrected chi connectivity index (χ4v) is 2.04. The Bertz CT molecular complexity index is 557. The Labute approximate surface area is 120 Å². The first-order chi connectivity index (χ1) is 8.56. The van der Waals surface area contributed by atoms with Crippen molar-refractivity contribution < 1.29 is 4.74 Å². The summed E-state index contributed by atoms with van der Waals surface area (Å²) in [4.78, 5) is 0. The third kappa shape index (κ3) is 3.25. The maximum atomic E-state index is 6.08. The second-order valence-corrected chi connectivity index (χ2v) is 5.36. The summed E-state index contributed by atoms with van der Waals surface area (Å²) in [6.07, 6.45) is 0. The molecule has 0 amide bonds. The molecule has 4 heteroatoms. The highest BCUT2D eigenvalue weighted by atomic mass is 79.9. The third-order valence-electron chi connectivity index (χ3n) is 2.50. The van der Waals surface area contributed by atoms with E-state index in [2.05, 4.69) is 15.9 Å². The average Bonchev–Trinajstić information content (AvgIpc) is 2.34. The van der Waals surface area contributed by atoms with Crippen LogP contribution in [0.1, 0.15) is 18.5 Å². The second kappa shape index (κ2) is 5.74.